The number of benzene rings is 1. The standard InChI is InChI=1S/C12H12F2O2/c1-3-16-12(15)10(11(13)14)9-6-4-5-8(2)7-9/h4-7H,3H2,1-2H3. The summed E-state index contributed by atoms with van der Waals surface area (Å²) in [5, 5.41) is 0. The maximum atomic E-state index is 12.7. The molecule has 0 aliphatic carbocycles. The zero-order valence-electron chi connectivity index (χ0n) is 9.09. The van der Waals surface area contributed by atoms with Crippen molar-refractivity contribution in [3.05, 3.63) is 41.5 Å². The molecule has 0 fully saturated rings. The minimum Gasteiger partial charge on any atom is -0.462 e. The van der Waals surface area contributed by atoms with Crippen molar-refractivity contribution >= 4 is 11.5 Å². The van der Waals surface area contributed by atoms with E-state index in [1.54, 1.807) is 26.0 Å². The fourth-order valence-electron chi connectivity index (χ4n) is 1.31. The topological polar surface area (TPSA) is 26.3 Å². The van der Waals surface area contributed by atoms with Crippen LogP contribution in [0.2, 0.25) is 0 Å². The molecule has 86 valence electrons. The number of hydrogen-bond donors (Lipinski definition) is 0. The first-order valence-electron chi connectivity index (χ1n) is 4.85. The van der Waals surface area contributed by atoms with Crippen molar-refractivity contribution in [1.82, 2.24) is 0 Å². The lowest BCUT2D eigenvalue weighted by molar-refractivity contribution is -0.136. The molecule has 0 radical (unpaired) electrons. The van der Waals surface area contributed by atoms with Crippen LogP contribution in [0.25, 0.3) is 5.57 Å². The third kappa shape index (κ3) is 2.89. The molecule has 0 amide bonds. The number of carbonyl (C=O) groups excluding carboxylic acids is 1. The Morgan fingerprint density at radius 1 is 1.38 bits per heavy atom. The van der Waals surface area contributed by atoms with Crippen LogP contribution in [0.15, 0.2) is 30.3 Å². The number of esters is 1. The van der Waals surface area contributed by atoms with Crippen molar-refractivity contribution in [3.8, 4) is 0 Å². The van der Waals surface area contributed by atoms with E-state index in [4.69, 9.17) is 0 Å². The second-order valence-electron chi connectivity index (χ2n) is 3.23. The van der Waals surface area contributed by atoms with Gasteiger partial charge in [-0.15, -0.1) is 0 Å². The lowest BCUT2D eigenvalue weighted by Crippen LogP contribution is -2.07. The Bertz CT molecular complexity index is 421. The third-order valence-corrected chi connectivity index (χ3v) is 1.98. The summed E-state index contributed by atoms with van der Waals surface area (Å²) in [5.41, 5.74) is 0.324. The van der Waals surface area contributed by atoms with Gasteiger partial charge in [0.1, 0.15) is 5.57 Å². The second kappa shape index (κ2) is 5.39. The molecule has 0 unspecified atom stereocenters. The summed E-state index contributed by atoms with van der Waals surface area (Å²) in [6.45, 7) is 3.41. The highest BCUT2D eigenvalue weighted by Gasteiger charge is 2.19. The first-order valence-corrected chi connectivity index (χ1v) is 4.85. The molecular formula is C12H12F2O2. The van der Waals surface area contributed by atoms with Crippen LogP contribution >= 0.6 is 0 Å². The van der Waals surface area contributed by atoms with Gasteiger partial charge in [0.15, 0.2) is 0 Å². The molecule has 2 nitrogen and oxygen atoms in total. The molecule has 1 aromatic rings. The van der Waals surface area contributed by atoms with Crippen LogP contribution < -0.4 is 0 Å². The van der Waals surface area contributed by atoms with Crippen molar-refractivity contribution in [3.63, 3.8) is 0 Å². The van der Waals surface area contributed by atoms with Gasteiger partial charge in [0.25, 0.3) is 6.08 Å². The van der Waals surface area contributed by atoms with Gasteiger partial charge >= 0.3 is 5.97 Å². The number of carbonyl (C=O) groups is 1. The molecule has 0 bridgehead atoms. The van der Waals surface area contributed by atoms with Crippen molar-refractivity contribution in [2.45, 2.75) is 13.8 Å². The molecule has 4 heteroatoms. The smallest absolute Gasteiger partial charge is 0.344 e. The van der Waals surface area contributed by atoms with E-state index in [-0.39, 0.29) is 12.2 Å². The molecule has 0 aliphatic rings. The SMILES string of the molecule is CCOC(=O)C(=C(F)F)c1cccc(C)c1. The number of halogens is 2. The van der Waals surface area contributed by atoms with Crippen LogP contribution in [-0.4, -0.2) is 12.6 Å². The van der Waals surface area contributed by atoms with E-state index in [1.807, 2.05) is 0 Å². The summed E-state index contributed by atoms with van der Waals surface area (Å²) < 4.78 is 29.9. The van der Waals surface area contributed by atoms with E-state index in [0.717, 1.165) is 5.56 Å². The van der Waals surface area contributed by atoms with Gasteiger partial charge in [-0.3, -0.25) is 0 Å². The lowest BCUT2D eigenvalue weighted by atomic mass is 10.0. The number of ether oxygens (including phenoxy) is 1. The van der Waals surface area contributed by atoms with Gasteiger partial charge in [-0.25, -0.2) is 4.79 Å². The molecule has 1 aromatic carbocycles. The minimum atomic E-state index is -2.02. The van der Waals surface area contributed by atoms with Gasteiger partial charge < -0.3 is 4.74 Å². The zero-order chi connectivity index (χ0) is 12.1. The molecule has 0 atom stereocenters. The molecule has 1 rings (SSSR count). The Morgan fingerprint density at radius 2 is 2.06 bits per heavy atom. The van der Waals surface area contributed by atoms with Crippen molar-refractivity contribution in [2.75, 3.05) is 6.61 Å². The highest BCUT2D eigenvalue weighted by molar-refractivity contribution is 6.16. The van der Waals surface area contributed by atoms with E-state index in [2.05, 4.69) is 4.74 Å². The molecule has 0 saturated heterocycles. The minimum absolute atomic E-state index is 0.0709. The fraction of sp³-hybridized carbons (Fsp3) is 0.250. The van der Waals surface area contributed by atoms with Gasteiger partial charge in [-0.2, -0.15) is 8.78 Å². The lowest BCUT2D eigenvalue weighted by Gasteiger charge is -2.06. The quantitative estimate of drug-likeness (QED) is 0.584. The molecule has 0 aromatic heterocycles. The summed E-state index contributed by atoms with van der Waals surface area (Å²) in [5.74, 6) is -0.992. The molecule has 0 aliphatic heterocycles. The zero-order valence-corrected chi connectivity index (χ0v) is 9.09. The predicted octanol–water partition coefficient (Wildman–Crippen LogP) is 3.17. The molecule has 0 N–H and O–H groups in total. The van der Waals surface area contributed by atoms with E-state index >= 15 is 0 Å². The van der Waals surface area contributed by atoms with E-state index in [9.17, 15) is 13.6 Å². The van der Waals surface area contributed by atoms with Gasteiger partial charge in [-0.1, -0.05) is 29.8 Å². The molecule has 0 heterocycles. The average molecular weight is 226 g/mol. The Kier molecular flexibility index (Phi) is 4.17. The highest BCUT2D eigenvalue weighted by Crippen LogP contribution is 2.23. The molecule has 0 spiro atoms. The summed E-state index contributed by atoms with van der Waals surface area (Å²) in [7, 11) is 0. The van der Waals surface area contributed by atoms with Crippen LogP contribution in [0, 0.1) is 6.92 Å². The van der Waals surface area contributed by atoms with Crippen LogP contribution in [0.1, 0.15) is 18.1 Å². The number of rotatable bonds is 3. The van der Waals surface area contributed by atoms with Crippen molar-refractivity contribution < 1.29 is 18.3 Å². The predicted molar refractivity (Wildman–Crippen MR) is 56.9 cm³/mol. The Balaban J connectivity index is 3.15. The normalized spacial score (nSPS) is 9.75. The van der Waals surface area contributed by atoms with Crippen LogP contribution in [0.4, 0.5) is 8.78 Å². The maximum absolute atomic E-state index is 12.7. The van der Waals surface area contributed by atoms with Gasteiger partial charge in [0, 0.05) is 0 Å². The monoisotopic (exact) mass is 226 g/mol. The molecular weight excluding hydrogens is 214 g/mol. The Hall–Kier alpha value is -1.71. The van der Waals surface area contributed by atoms with Gasteiger partial charge in [0.2, 0.25) is 0 Å². The van der Waals surface area contributed by atoms with Gasteiger partial charge in [-0.05, 0) is 19.4 Å². The van der Waals surface area contributed by atoms with Gasteiger partial charge in [0.05, 0.1) is 6.61 Å². The Labute approximate surface area is 92.5 Å². The van der Waals surface area contributed by atoms with Crippen molar-refractivity contribution in [1.29, 1.82) is 0 Å². The number of aryl methyl sites for hydroxylation is 1. The summed E-state index contributed by atoms with van der Waals surface area (Å²) >= 11 is 0. The van der Waals surface area contributed by atoms with Crippen LogP contribution in [0.5, 0.6) is 0 Å². The summed E-state index contributed by atoms with van der Waals surface area (Å²) in [4.78, 5) is 11.3. The summed E-state index contributed by atoms with van der Waals surface area (Å²) in [6.07, 6.45) is -2.02. The average Bonchev–Trinajstić information content (AvgIpc) is 2.17. The first kappa shape index (κ1) is 12.4. The molecule has 16 heavy (non-hydrogen) atoms. The highest BCUT2D eigenvalue weighted by atomic mass is 19.3. The fourth-order valence-corrected chi connectivity index (χ4v) is 1.31. The third-order valence-electron chi connectivity index (χ3n) is 1.98. The summed E-state index contributed by atoms with van der Waals surface area (Å²) in [6, 6.07) is 6.36. The van der Waals surface area contributed by atoms with Crippen LogP contribution in [0.3, 0.4) is 0 Å². The Morgan fingerprint density at radius 3 is 2.56 bits per heavy atom. The van der Waals surface area contributed by atoms with E-state index in [0.29, 0.717) is 0 Å². The molecule has 0 saturated carbocycles. The van der Waals surface area contributed by atoms with E-state index in [1.165, 1.54) is 12.1 Å². The largest absolute Gasteiger partial charge is 0.462 e. The number of hydrogen-bond acceptors (Lipinski definition) is 2. The maximum Gasteiger partial charge on any atom is 0.344 e. The van der Waals surface area contributed by atoms with Crippen LogP contribution in [-0.2, 0) is 9.53 Å². The van der Waals surface area contributed by atoms with E-state index < -0.39 is 17.6 Å². The second-order valence-corrected chi connectivity index (χ2v) is 3.23. The first-order chi connectivity index (χ1) is 7.56. The van der Waals surface area contributed by atoms with Crippen molar-refractivity contribution in [2.24, 2.45) is 0 Å².